The molecule has 0 atom stereocenters. The van der Waals surface area contributed by atoms with E-state index < -0.39 is 17.7 Å². The van der Waals surface area contributed by atoms with E-state index in [0.717, 1.165) is 0 Å². The molecule has 0 heterocycles. The van der Waals surface area contributed by atoms with Crippen molar-refractivity contribution in [3.63, 3.8) is 0 Å². The van der Waals surface area contributed by atoms with Crippen LogP contribution in [0.5, 0.6) is 0 Å². The molecule has 0 aromatic heterocycles. The predicted molar refractivity (Wildman–Crippen MR) is 79.4 cm³/mol. The summed E-state index contributed by atoms with van der Waals surface area (Å²) < 4.78 is 39.1. The van der Waals surface area contributed by atoms with Crippen LogP contribution in [-0.2, 0) is 11.2 Å². The van der Waals surface area contributed by atoms with Gasteiger partial charge in [-0.05, 0) is 17.7 Å². The van der Waals surface area contributed by atoms with E-state index in [1.165, 1.54) is 12.1 Å². The number of hydrogen-bond donors (Lipinski definition) is 1. The molecule has 5 heteroatoms. The first-order valence-electron chi connectivity index (χ1n) is 6.63. The molecule has 0 aliphatic rings. The summed E-state index contributed by atoms with van der Waals surface area (Å²) >= 11 is 0. The van der Waals surface area contributed by atoms with Crippen LogP contribution in [0.3, 0.4) is 0 Å². The first-order chi connectivity index (χ1) is 10.4. The zero-order valence-electron chi connectivity index (χ0n) is 11.6. The van der Waals surface area contributed by atoms with Crippen molar-refractivity contribution in [1.82, 2.24) is 0 Å². The Morgan fingerprint density at radius 1 is 0.955 bits per heavy atom. The van der Waals surface area contributed by atoms with Gasteiger partial charge in [0.05, 0.1) is 0 Å². The van der Waals surface area contributed by atoms with E-state index in [1.54, 1.807) is 48.5 Å². The highest BCUT2D eigenvalue weighted by atomic mass is 19.4. The Morgan fingerprint density at radius 2 is 1.50 bits per heavy atom. The van der Waals surface area contributed by atoms with E-state index in [9.17, 15) is 18.0 Å². The number of halogens is 3. The Morgan fingerprint density at radius 3 is 2.05 bits per heavy atom. The van der Waals surface area contributed by atoms with Crippen LogP contribution in [0, 0.1) is 0 Å². The average Bonchev–Trinajstić information content (AvgIpc) is 2.48. The summed E-state index contributed by atoms with van der Waals surface area (Å²) in [5.41, 5.74) is -0.122. The molecule has 1 N–H and O–H groups in total. The largest absolute Gasteiger partial charge is 0.431 e. The number of carbonyl (C=O) groups is 1. The van der Waals surface area contributed by atoms with Crippen LogP contribution in [0.25, 0.3) is 0 Å². The number of ketones is 1. The molecule has 0 aliphatic carbocycles. The summed E-state index contributed by atoms with van der Waals surface area (Å²) in [7, 11) is 0. The molecule has 0 bridgehead atoms. The third-order valence-electron chi connectivity index (χ3n) is 2.88. The van der Waals surface area contributed by atoms with Crippen LogP contribution in [0.15, 0.2) is 72.4 Å². The lowest BCUT2D eigenvalue weighted by molar-refractivity contribution is -0.115. The highest BCUT2D eigenvalue weighted by molar-refractivity contribution is 5.92. The van der Waals surface area contributed by atoms with E-state index in [1.807, 2.05) is 0 Å². The second-order valence-electron chi connectivity index (χ2n) is 4.68. The van der Waals surface area contributed by atoms with Crippen molar-refractivity contribution in [1.29, 1.82) is 0 Å². The lowest BCUT2D eigenvalue weighted by Gasteiger charge is -2.14. The predicted octanol–water partition coefficient (Wildman–Crippen LogP) is 4.36. The second-order valence-corrected chi connectivity index (χ2v) is 4.68. The summed E-state index contributed by atoms with van der Waals surface area (Å²) in [5.74, 6) is -0.609. The zero-order chi connectivity index (χ0) is 16.0. The Labute approximate surface area is 126 Å². The van der Waals surface area contributed by atoms with Gasteiger partial charge < -0.3 is 5.32 Å². The fourth-order valence-corrected chi connectivity index (χ4v) is 1.87. The van der Waals surface area contributed by atoms with Crippen molar-refractivity contribution in [2.75, 3.05) is 5.32 Å². The topological polar surface area (TPSA) is 29.1 Å². The zero-order valence-corrected chi connectivity index (χ0v) is 11.6. The summed E-state index contributed by atoms with van der Waals surface area (Å²) in [6.45, 7) is 0. The third-order valence-corrected chi connectivity index (χ3v) is 2.88. The lowest BCUT2D eigenvalue weighted by Crippen LogP contribution is -2.21. The SMILES string of the molecule is O=C(/C=C(/Nc1ccccc1)C(F)(F)F)Cc1ccccc1. The maximum Gasteiger partial charge on any atom is 0.431 e. The standard InChI is InChI=1S/C17H14F3NO/c18-17(19,20)16(21-14-9-5-2-6-10-14)12-15(22)11-13-7-3-1-4-8-13/h1-10,12,21H,11H2/b16-12+. The van der Waals surface area contributed by atoms with E-state index in [-0.39, 0.29) is 12.1 Å². The minimum absolute atomic E-state index is 0.0725. The van der Waals surface area contributed by atoms with Gasteiger partial charge in [-0.25, -0.2) is 0 Å². The van der Waals surface area contributed by atoms with Crippen molar-refractivity contribution in [3.8, 4) is 0 Å². The quantitative estimate of drug-likeness (QED) is 0.832. The maximum absolute atomic E-state index is 13.0. The highest BCUT2D eigenvalue weighted by Crippen LogP contribution is 2.27. The smallest absolute Gasteiger partial charge is 0.351 e. The minimum Gasteiger partial charge on any atom is -0.351 e. The molecule has 2 aromatic carbocycles. The monoisotopic (exact) mass is 305 g/mol. The van der Waals surface area contributed by atoms with Gasteiger partial charge in [-0.15, -0.1) is 0 Å². The Kier molecular flexibility index (Phi) is 4.99. The molecule has 0 amide bonds. The van der Waals surface area contributed by atoms with E-state index in [4.69, 9.17) is 0 Å². The first kappa shape index (κ1) is 15.8. The summed E-state index contributed by atoms with van der Waals surface area (Å²) in [4.78, 5) is 11.8. The van der Waals surface area contributed by atoms with Gasteiger partial charge in [-0.3, -0.25) is 4.79 Å². The number of nitrogens with one attached hydrogen (secondary N) is 1. The molecule has 0 saturated heterocycles. The highest BCUT2D eigenvalue weighted by Gasteiger charge is 2.34. The third kappa shape index (κ3) is 4.77. The van der Waals surface area contributed by atoms with Crippen molar-refractivity contribution in [3.05, 3.63) is 78.0 Å². The molecule has 0 saturated carbocycles. The Balaban J connectivity index is 2.16. The molecular weight excluding hydrogens is 291 g/mol. The van der Waals surface area contributed by atoms with Gasteiger partial charge in [-0.2, -0.15) is 13.2 Å². The number of para-hydroxylation sites is 1. The van der Waals surface area contributed by atoms with Crippen LogP contribution in [0.1, 0.15) is 5.56 Å². The maximum atomic E-state index is 13.0. The normalized spacial score (nSPS) is 12.0. The van der Waals surface area contributed by atoms with Gasteiger partial charge in [0.1, 0.15) is 5.70 Å². The number of benzene rings is 2. The van der Waals surface area contributed by atoms with E-state index in [0.29, 0.717) is 11.6 Å². The van der Waals surface area contributed by atoms with Gasteiger partial charge in [0, 0.05) is 18.2 Å². The van der Waals surface area contributed by atoms with Crippen molar-refractivity contribution >= 4 is 11.5 Å². The second kappa shape index (κ2) is 6.93. The van der Waals surface area contributed by atoms with Gasteiger partial charge >= 0.3 is 6.18 Å². The van der Waals surface area contributed by atoms with Crippen molar-refractivity contribution in [2.45, 2.75) is 12.6 Å². The number of hydrogen-bond acceptors (Lipinski definition) is 2. The number of alkyl halides is 3. The molecule has 2 nitrogen and oxygen atoms in total. The number of rotatable bonds is 5. The Bertz CT molecular complexity index is 649. The van der Waals surface area contributed by atoms with E-state index in [2.05, 4.69) is 5.32 Å². The fraction of sp³-hybridized carbons (Fsp3) is 0.118. The van der Waals surface area contributed by atoms with Crippen molar-refractivity contribution < 1.29 is 18.0 Å². The minimum atomic E-state index is -4.62. The number of anilines is 1. The van der Waals surface area contributed by atoms with Gasteiger partial charge in [-0.1, -0.05) is 48.5 Å². The molecular formula is C17H14F3NO. The lowest BCUT2D eigenvalue weighted by atomic mass is 10.1. The van der Waals surface area contributed by atoms with Crippen molar-refractivity contribution in [2.24, 2.45) is 0 Å². The summed E-state index contributed by atoms with van der Waals surface area (Å²) in [6.07, 6.45) is -4.08. The Hall–Kier alpha value is -2.56. The molecule has 114 valence electrons. The molecule has 2 aromatic rings. The molecule has 0 fully saturated rings. The van der Waals surface area contributed by atoms with Crippen LogP contribution in [-0.4, -0.2) is 12.0 Å². The molecule has 0 spiro atoms. The van der Waals surface area contributed by atoms with Crippen LogP contribution in [0.2, 0.25) is 0 Å². The van der Waals surface area contributed by atoms with Crippen LogP contribution < -0.4 is 5.32 Å². The van der Waals surface area contributed by atoms with Crippen LogP contribution in [0.4, 0.5) is 18.9 Å². The van der Waals surface area contributed by atoms with E-state index >= 15 is 0 Å². The van der Waals surface area contributed by atoms with Gasteiger partial charge in [0.2, 0.25) is 0 Å². The summed E-state index contributed by atoms with van der Waals surface area (Å²) in [5, 5.41) is 2.25. The first-order valence-corrected chi connectivity index (χ1v) is 6.63. The summed E-state index contributed by atoms with van der Waals surface area (Å²) in [6, 6.07) is 16.6. The van der Waals surface area contributed by atoms with Gasteiger partial charge in [0.15, 0.2) is 5.78 Å². The molecule has 0 radical (unpaired) electrons. The molecule has 0 aliphatic heterocycles. The molecule has 0 unspecified atom stereocenters. The number of carbonyl (C=O) groups excluding carboxylic acids is 1. The fourth-order valence-electron chi connectivity index (χ4n) is 1.87. The van der Waals surface area contributed by atoms with Crippen LogP contribution >= 0.6 is 0 Å². The number of allylic oxidation sites excluding steroid dienone is 2. The van der Waals surface area contributed by atoms with Gasteiger partial charge in [0.25, 0.3) is 0 Å². The molecule has 2 rings (SSSR count). The molecule has 22 heavy (non-hydrogen) atoms. The average molecular weight is 305 g/mol.